The number of nitrogens with one attached hydrogen (secondary N) is 1. The van der Waals surface area contributed by atoms with Gasteiger partial charge in [-0.1, -0.05) is 6.07 Å². The van der Waals surface area contributed by atoms with Crippen molar-refractivity contribution >= 4 is 5.91 Å². The van der Waals surface area contributed by atoms with Crippen LogP contribution in [0.1, 0.15) is 37.2 Å². The molecule has 0 radical (unpaired) electrons. The van der Waals surface area contributed by atoms with Crippen molar-refractivity contribution in [2.24, 2.45) is 0 Å². The molecule has 0 bridgehead atoms. The Morgan fingerprint density at radius 1 is 1.33 bits per heavy atom. The Morgan fingerprint density at radius 2 is 2.12 bits per heavy atom. The first-order chi connectivity index (χ1) is 11.6. The summed E-state index contributed by atoms with van der Waals surface area (Å²) in [6.45, 7) is 5.88. The Morgan fingerprint density at radius 3 is 2.88 bits per heavy atom. The number of carbonyl (C=O) groups excluding carboxylic acids is 1. The van der Waals surface area contributed by atoms with Gasteiger partial charge in [0.15, 0.2) is 11.5 Å². The maximum absolute atomic E-state index is 12.1. The van der Waals surface area contributed by atoms with E-state index in [2.05, 4.69) is 14.9 Å². The molecule has 1 aliphatic rings. The highest BCUT2D eigenvalue weighted by Gasteiger charge is 2.15. The molecule has 3 rings (SSSR count). The third-order valence-corrected chi connectivity index (χ3v) is 4.17. The van der Waals surface area contributed by atoms with Crippen LogP contribution in [0.4, 0.5) is 0 Å². The quantitative estimate of drug-likeness (QED) is 0.885. The predicted octanol–water partition coefficient (Wildman–Crippen LogP) is 2.62. The fourth-order valence-corrected chi connectivity index (χ4v) is 2.78. The predicted molar refractivity (Wildman–Crippen MR) is 90.2 cm³/mol. The average molecular weight is 329 g/mol. The van der Waals surface area contributed by atoms with Gasteiger partial charge in [-0.05, 0) is 38.0 Å². The molecule has 128 valence electrons. The third kappa shape index (κ3) is 3.88. The lowest BCUT2D eigenvalue weighted by molar-refractivity contribution is -0.121. The van der Waals surface area contributed by atoms with Gasteiger partial charge in [-0.2, -0.15) is 0 Å². The number of nitrogens with zero attached hydrogens (tertiary/aromatic N) is 2. The molecule has 1 atom stereocenters. The number of amides is 1. The van der Waals surface area contributed by atoms with Crippen molar-refractivity contribution in [3.8, 4) is 11.5 Å². The standard InChI is InChI=1S/C18H23N3O3/c1-13(15-5-6-16-17(12-15)24-11-10-23-16)20-18(22)4-3-8-21-9-7-19-14(21)2/h5-7,9,12-13H,3-4,8,10-11H2,1-2H3,(H,20,22)/t13-/m0/s1. The summed E-state index contributed by atoms with van der Waals surface area (Å²) in [6.07, 6.45) is 4.99. The Balaban J connectivity index is 1.49. The van der Waals surface area contributed by atoms with Crippen molar-refractivity contribution in [3.05, 3.63) is 42.0 Å². The Labute approximate surface area is 141 Å². The second-order valence-corrected chi connectivity index (χ2v) is 5.96. The van der Waals surface area contributed by atoms with E-state index in [1.165, 1.54) is 0 Å². The van der Waals surface area contributed by atoms with Crippen LogP contribution in [0.25, 0.3) is 0 Å². The van der Waals surface area contributed by atoms with Gasteiger partial charge in [0, 0.05) is 25.4 Å². The number of aryl methyl sites for hydroxylation is 2. The maximum Gasteiger partial charge on any atom is 0.220 e. The van der Waals surface area contributed by atoms with E-state index in [9.17, 15) is 4.79 Å². The van der Waals surface area contributed by atoms with E-state index in [4.69, 9.17) is 9.47 Å². The van der Waals surface area contributed by atoms with Crippen LogP contribution in [-0.2, 0) is 11.3 Å². The largest absolute Gasteiger partial charge is 0.486 e. The number of hydrogen-bond acceptors (Lipinski definition) is 4. The Hall–Kier alpha value is -2.50. The van der Waals surface area contributed by atoms with Crippen molar-refractivity contribution in [1.82, 2.24) is 14.9 Å². The molecule has 1 N–H and O–H groups in total. The molecule has 0 unspecified atom stereocenters. The monoisotopic (exact) mass is 329 g/mol. The smallest absolute Gasteiger partial charge is 0.220 e. The van der Waals surface area contributed by atoms with Crippen LogP contribution < -0.4 is 14.8 Å². The molecular weight excluding hydrogens is 306 g/mol. The number of imidazole rings is 1. The molecule has 6 nitrogen and oxygen atoms in total. The summed E-state index contributed by atoms with van der Waals surface area (Å²) in [7, 11) is 0. The highest BCUT2D eigenvalue weighted by Crippen LogP contribution is 2.32. The molecule has 1 aromatic carbocycles. The lowest BCUT2D eigenvalue weighted by atomic mass is 10.1. The van der Waals surface area contributed by atoms with Crippen molar-refractivity contribution < 1.29 is 14.3 Å². The normalized spacial score (nSPS) is 14.2. The van der Waals surface area contributed by atoms with E-state index in [0.717, 1.165) is 35.9 Å². The summed E-state index contributed by atoms with van der Waals surface area (Å²) in [5, 5.41) is 3.04. The summed E-state index contributed by atoms with van der Waals surface area (Å²) in [5.41, 5.74) is 1.01. The first kappa shape index (κ1) is 16.4. The maximum atomic E-state index is 12.1. The summed E-state index contributed by atoms with van der Waals surface area (Å²) >= 11 is 0. The molecule has 0 aliphatic carbocycles. The van der Waals surface area contributed by atoms with Crippen LogP contribution in [0, 0.1) is 6.92 Å². The highest BCUT2D eigenvalue weighted by atomic mass is 16.6. The molecule has 0 spiro atoms. The lowest BCUT2D eigenvalue weighted by Crippen LogP contribution is -2.26. The van der Waals surface area contributed by atoms with E-state index in [1.54, 1.807) is 6.20 Å². The fraction of sp³-hybridized carbons (Fsp3) is 0.444. The zero-order chi connectivity index (χ0) is 16.9. The average Bonchev–Trinajstić information content (AvgIpc) is 2.99. The zero-order valence-electron chi connectivity index (χ0n) is 14.1. The van der Waals surface area contributed by atoms with Crippen LogP contribution >= 0.6 is 0 Å². The Bertz CT molecular complexity index is 711. The summed E-state index contributed by atoms with van der Waals surface area (Å²) in [6, 6.07) is 5.74. The van der Waals surface area contributed by atoms with Gasteiger partial charge in [0.05, 0.1) is 6.04 Å². The van der Waals surface area contributed by atoms with Gasteiger partial charge < -0.3 is 19.4 Å². The lowest BCUT2D eigenvalue weighted by Gasteiger charge is -2.21. The molecule has 1 aromatic heterocycles. The van der Waals surface area contributed by atoms with E-state index in [1.807, 2.05) is 38.2 Å². The number of fused-ring (bicyclic) bond motifs is 1. The minimum absolute atomic E-state index is 0.0511. The molecule has 2 heterocycles. The van der Waals surface area contributed by atoms with E-state index >= 15 is 0 Å². The molecule has 1 aliphatic heterocycles. The third-order valence-electron chi connectivity index (χ3n) is 4.17. The van der Waals surface area contributed by atoms with E-state index < -0.39 is 0 Å². The van der Waals surface area contributed by atoms with Crippen molar-refractivity contribution in [2.75, 3.05) is 13.2 Å². The number of carbonyl (C=O) groups is 1. The van der Waals surface area contributed by atoms with Gasteiger partial charge in [0.25, 0.3) is 0 Å². The number of rotatable bonds is 6. The highest BCUT2D eigenvalue weighted by molar-refractivity contribution is 5.76. The molecular formula is C18H23N3O3. The van der Waals surface area contributed by atoms with Gasteiger partial charge >= 0.3 is 0 Å². The zero-order valence-corrected chi connectivity index (χ0v) is 14.1. The molecule has 1 amide bonds. The summed E-state index contributed by atoms with van der Waals surface area (Å²) < 4.78 is 13.2. The van der Waals surface area contributed by atoms with Gasteiger partial charge in [-0.25, -0.2) is 4.98 Å². The number of aromatic nitrogens is 2. The first-order valence-electron chi connectivity index (χ1n) is 8.30. The molecule has 0 saturated carbocycles. The first-order valence-corrected chi connectivity index (χ1v) is 8.30. The molecule has 0 saturated heterocycles. The summed E-state index contributed by atoms with van der Waals surface area (Å²) in [4.78, 5) is 16.3. The minimum Gasteiger partial charge on any atom is -0.486 e. The van der Waals surface area contributed by atoms with Gasteiger partial charge in [0.1, 0.15) is 19.0 Å². The van der Waals surface area contributed by atoms with Gasteiger partial charge in [-0.15, -0.1) is 0 Å². The molecule has 6 heteroatoms. The summed E-state index contributed by atoms with van der Waals surface area (Å²) in [5.74, 6) is 2.53. The van der Waals surface area contributed by atoms with E-state index in [0.29, 0.717) is 19.6 Å². The van der Waals surface area contributed by atoms with Crippen molar-refractivity contribution in [3.63, 3.8) is 0 Å². The van der Waals surface area contributed by atoms with Crippen molar-refractivity contribution in [1.29, 1.82) is 0 Å². The molecule has 2 aromatic rings. The van der Waals surface area contributed by atoms with Gasteiger partial charge in [-0.3, -0.25) is 4.79 Å². The van der Waals surface area contributed by atoms with E-state index in [-0.39, 0.29) is 11.9 Å². The number of ether oxygens (including phenoxy) is 2. The van der Waals surface area contributed by atoms with Crippen LogP contribution in [-0.4, -0.2) is 28.7 Å². The number of benzene rings is 1. The minimum atomic E-state index is -0.0664. The molecule has 24 heavy (non-hydrogen) atoms. The van der Waals surface area contributed by atoms with Crippen LogP contribution in [0.15, 0.2) is 30.6 Å². The number of hydrogen-bond donors (Lipinski definition) is 1. The topological polar surface area (TPSA) is 65.4 Å². The van der Waals surface area contributed by atoms with Crippen molar-refractivity contribution in [2.45, 2.75) is 39.3 Å². The van der Waals surface area contributed by atoms with Crippen LogP contribution in [0.2, 0.25) is 0 Å². The van der Waals surface area contributed by atoms with Crippen LogP contribution in [0.3, 0.4) is 0 Å². The second-order valence-electron chi connectivity index (χ2n) is 5.96. The fourth-order valence-electron chi connectivity index (χ4n) is 2.78. The van der Waals surface area contributed by atoms with Crippen LogP contribution in [0.5, 0.6) is 11.5 Å². The SMILES string of the molecule is Cc1nccn1CCCC(=O)N[C@@H](C)c1ccc2c(c1)OCCO2. The second kappa shape index (κ2) is 7.38. The Kier molecular flexibility index (Phi) is 5.03. The van der Waals surface area contributed by atoms with Gasteiger partial charge in [0.2, 0.25) is 5.91 Å². The molecule has 0 fully saturated rings.